The van der Waals surface area contributed by atoms with Crippen LogP contribution in [0.25, 0.3) is 35.4 Å². The van der Waals surface area contributed by atoms with Gasteiger partial charge in [0.2, 0.25) is 0 Å². The van der Waals surface area contributed by atoms with E-state index in [4.69, 9.17) is 0 Å². The van der Waals surface area contributed by atoms with E-state index < -0.39 is 20.2 Å². The van der Waals surface area contributed by atoms with Gasteiger partial charge in [-0.2, -0.15) is 16.8 Å². The summed E-state index contributed by atoms with van der Waals surface area (Å²) < 4.78 is 64.9. The molecular formula is C28H24K2O6S2. The van der Waals surface area contributed by atoms with Crippen LogP contribution in [0.5, 0.6) is 0 Å². The van der Waals surface area contributed by atoms with Crippen LogP contribution < -0.4 is 103 Å². The molecule has 4 aromatic rings. The van der Waals surface area contributed by atoms with E-state index in [1.807, 2.05) is 48.5 Å². The van der Waals surface area contributed by atoms with Crippen molar-refractivity contribution >= 4 is 44.5 Å². The summed E-state index contributed by atoms with van der Waals surface area (Å²) in [6.45, 7) is 0. The van der Waals surface area contributed by atoms with Crippen molar-refractivity contribution in [3.05, 3.63) is 119 Å². The van der Waals surface area contributed by atoms with Crippen LogP contribution in [0.4, 0.5) is 0 Å². The number of benzene rings is 4. The smallest absolute Gasteiger partial charge is 1.00 e. The topological polar surface area (TPSA) is 109 Å². The Labute approximate surface area is 311 Å². The molecule has 0 aliphatic rings. The summed E-state index contributed by atoms with van der Waals surface area (Å²) in [5, 5.41) is 0. The molecule has 0 amide bonds. The first-order valence-electron chi connectivity index (χ1n) is 10.8. The molecular weight excluding hydrogens is 575 g/mol. The maximum Gasteiger partial charge on any atom is 1.00 e. The molecule has 0 atom stereocenters. The molecule has 0 bridgehead atoms. The molecule has 4 rings (SSSR count). The molecule has 4 aromatic carbocycles. The minimum Gasteiger partial charge on any atom is -1.00 e. The molecule has 10 heteroatoms. The third-order valence-electron chi connectivity index (χ3n) is 5.46. The average molecular weight is 599 g/mol. The van der Waals surface area contributed by atoms with E-state index in [9.17, 15) is 25.9 Å². The van der Waals surface area contributed by atoms with Gasteiger partial charge in [0.25, 0.3) is 20.2 Å². The standard InChI is InChI=1S/C28H22O6S2.2K.2H/c29-35(30,31)27-7-3-1-5-25(27)19-13-21-9-15-23(16-10-21)24-17-11-22(12-18-24)14-20-26-6-2-4-8-28(26)36(32,33)34;;;;/h1-20H,(H,29,30,31)(H,32,33,34);;;;/q;2*+1;2*-1. The normalized spacial score (nSPS) is 11.7. The van der Waals surface area contributed by atoms with Crippen molar-refractivity contribution in [1.29, 1.82) is 0 Å². The van der Waals surface area contributed by atoms with E-state index in [0.717, 1.165) is 22.3 Å². The van der Waals surface area contributed by atoms with Gasteiger partial charge in [0.05, 0.1) is 0 Å². The molecule has 0 fully saturated rings. The van der Waals surface area contributed by atoms with E-state index in [2.05, 4.69) is 0 Å². The molecule has 0 saturated carbocycles. The van der Waals surface area contributed by atoms with Crippen LogP contribution in [0, 0.1) is 0 Å². The van der Waals surface area contributed by atoms with Gasteiger partial charge in [0.1, 0.15) is 9.79 Å². The van der Waals surface area contributed by atoms with E-state index in [-0.39, 0.29) is 115 Å². The Morgan fingerprint density at radius 1 is 0.474 bits per heavy atom. The van der Waals surface area contributed by atoms with Crippen LogP contribution in [0.2, 0.25) is 0 Å². The van der Waals surface area contributed by atoms with Crippen molar-refractivity contribution in [3.8, 4) is 11.1 Å². The number of hydrogen-bond donors (Lipinski definition) is 2. The molecule has 0 aliphatic heterocycles. The van der Waals surface area contributed by atoms with Crippen LogP contribution in [-0.4, -0.2) is 25.9 Å². The Kier molecular flexibility index (Phi) is 13.2. The van der Waals surface area contributed by atoms with Crippen LogP contribution in [-0.2, 0) is 20.2 Å². The summed E-state index contributed by atoms with van der Waals surface area (Å²) in [7, 11) is -8.61. The van der Waals surface area contributed by atoms with Gasteiger partial charge < -0.3 is 2.85 Å². The monoisotopic (exact) mass is 598 g/mol. The van der Waals surface area contributed by atoms with Gasteiger partial charge in [-0.15, -0.1) is 0 Å². The van der Waals surface area contributed by atoms with Crippen molar-refractivity contribution in [2.24, 2.45) is 0 Å². The molecule has 0 heterocycles. The zero-order chi connectivity index (χ0) is 25.8. The number of rotatable bonds is 7. The van der Waals surface area contributed by atoms with E-state index in [1.165, 1.54) is 12.1 Å². The second-order valence-corrected chi connectivity index (χ2v) is 10.7. The Balaban J connectivity index is 0.00000380. The van der Waals surface area contributed by atoms with Crippen LogP contribution in [0.1, 0.15) is 25.1 Å². The van der Waals surface area contributed by atoms with Gasteiger partial charge in [-0.1, -0.05) is 109 Å². The maximum atomic E-state index is 11.5. The SMILES string of the molecule is O=S(=O)(O)c1ccccc1C=Cc1ccc(-c2ccc(C=Cc3ccccc3S(=O)(=O)O)cc2)cc1.[H-].[H-].[K+].[K+]. The summed E-state index contributed by atoms with van der Waals surface area (Å²) in [4.78, 5) is -0.290. The Morgan fingerprint density at radius 2 is 0.789 bits per heavy atom. The van der Waals surface area contributed by atoms with Gasteiger partial charge in [-0.05, 0) is 45.5 Å². The van der Waals surface area contributed by atoms with E-state index >= 15 is 0 Å². The predicted octanol–water partition coefficient (Wildman–Crippen LogP) is 0.421. The molecule has 0 unspecified atom stereocenters. The van der Waals surface area contributed by atoms with Crippen LogP contribution in [0.15, 0.2) is 107 Å². The first kappa shape index (κ1) is 33.7. The largest absolute Gasteiger partial charge is 1.00 e. The van der Waals surface area contributed by atoms with E-state index in [1.54, 1.807) is 60.7 Å². The van der Waals surface area contributed by atoms with Crippen molar-refractivity contribution < 1.29 is 132 Å². The molecule has 2 N–H and O–H groups in total. The van der Waals surface area contributed by atoms with Gasteiger partial charge in [0, 0.05) is 0 Å². The summed E-state index contributed by atoms with van der Waals surface area (Å²) in [6, 6.07) is 27.8. The molecule has 0 radical (unpaired) electrons. The minimum absolute atomic E-state index is 0. The second-order valence-electron chi connectivity index (χ2n) is 7.94. The average Bonchev–Trinajstić information content (AvgIpc) is 2.86. The van der Waals surface area contributed by atoms with Crippen molar-refractivity contribution in [2.45, 2.75) is 9.79 Å². The second kappa shape index (κ2) is 14.9. The third-order valence-corrected chi connectivity index (χ3v) is 7.31. The maximum absolute atomic E-state index is 11.5. The first-order valence-corrected chi connectivity index (χ1v) is 13.7. The minimum atomic E-state index is -4.31. The molecule has 0 saturated heterocycles. The molecule has 0 spiro atoms. The third kappa shape index (κ3) is 9.25. The van der Waals surface area contributed by atoms with Gasteiger partial charge in [-0.25, -0.2) is 0 Å². The summed E-state index contributed by atoms with van der Waals surface area (Å²) >= 11 is 0. The predicted molar refractivity (Wildman–Crippen MR) is 144 cm³/mol. The fraction of sp³-hybridized carbons (Fsp3) is 0. The Hall–Kier alpha value is -0.547. The van der Waals surface area contributed by atoms with Gasteiger partial charge in [-0.3, -0.25) is 9.11 Å². The van der Waals surface area contributed by atoms with Gasteiger partial charge >= 0.3 is 103 Å². The molecule has 186 valence electrons. The van der Waals surface area contributed by atoms with Crippen molar-refractivity contribution in [1.82, 2.24) is 0 Å². The molecule has 38 heavy (non-hydrogen) atoms. The zero-order valence-electron chi connectivity index (χ0n) is 22.9. The van der Waals surface area contributed by atoms with E-state index in [0.29, 0.717) is 11.1 Å². The Morgan fingerprint density at radius 3 is 1.11 bits per heavy atom. The Bertz CT molecular complexity index is 1550. The summed E-state index contributed by atoms with van der Waals surface area (Å²) in [5.74, 6) is 0. The molecule has 0 aromatic heterocycles. The summed E-state index contributed by atoms with van der Waals surface area (Å²) in [5.41, 5.74) is 4.48. The van der Waals surface area contributed by atoms with Crippen LogP contribution in [0.3, 0.4) is 0 Å². The fourth-order valence-electron chi connectivity index (χ4n) is 3.65. The van der Waals surface area contributed by atoms with Crippen molar-refractivity contribution in [2.75, 3.05) is 0 Å². The van der Waals surface area contributed by atoms with Gasteiger partial charge in [0.15, 0.2) is 0 Å². The van der Waals surface area contributed by atoms with Crippen molar-refractivity contribution in [3.63, 3.8) is 0 Å². The number of hydrogen-bond acceptors (Lipinski definition) is 4. The fourth-order valence-corrected chi connectivity index (χ4v) is 5.02. The van der Waals surface area contributed by atoms with Crippen LogP contribution >= 0.6 is 0 Å². The molecule has 0 aliphatic carbocycles. The quantitative estimate of drug-likeness (QED) is 0.181. The summed E-state index contributed by atoms with van der Waals surface area (Å²) in [6.07, 6.45) is 6.82. The first-order chi connectivity index (χ1) is 17.1. The molecule has 6 nitrogen and oxygen atoms in total. The zero-order valence-corrected chi connectivity index (χ0v) is 28.8.